The number of hydrogen-bond donors (Lipinski definition) is 1. The number of rotatable bonds is 3. The molecule has 20 heavy (non-hydrogen) atoms. The zero-order valence-electron chi connectivity index (χ0n) is 11.5. The average Bonchev–Trinajstić information content (AvgIpc) is 3.09. The number of halogens is 1. The first-order chi connectivity index (χ1) is 9.66. The molecular formula is C16H20BrNO2. The van der Waals surface area contributed by atoms with E-state index in [0.717, 1.165) is 22.6 Å². The first-order valence-electron chi connectivity index (χ1n) is 7.46. The molecule has 4 heteroatoms. The molecule has 1 aliphatic carbocycles. The van der Waals surface area contributed by atoms with Crippen LogP contribution < -0.4 is 4.90 Å². The van der Waals surface area contributed by atoms with Crippen molar-refractivity contribution in [1.82, 2.24) is 0 Å². The van der Waals surface area contributed by atoms with Gasteiger partial charge < -0.3 is 10.0 Å². The van der Waals surface area contributed by atoms with Crippen molar-refractivity contribution in [2.75, 3.05) is 11.4 Å². The van der Waals surface area contributed by atoms with E-state index in [1.54, 1.807) is 6.07 Å². The van der Waals surface area contributed by atoms with Crippen molar-refractivity contribution in [2.45, 2.75) is 44.6 Å². The summed E-state index contributed by atoms with van der Waals surface area (Å²) in [6.07, 6.45) is 7.65. The van der Waals surface area contributed by atoms with E-state index < -0.39 is 5.97 Å². The van der Waals surface area contributed by atoms with Crippen LogP contribution in [0.2, 0.25) is 0 Å². The van der Waals surface area contributed by atoms with Crippen LogP contribution in [0.4, 0.5) is 5.69 Å². The van der Waals surface area contributed by atoms with E-state index in [-0.39, 0.29) is 0 Å². The van der Waals surface area contributed by atoms with Crippen LogP contribution in [-0.2, 0) is 0 Å². The lowest BCUT2D eigenvalue weighted by molar-refractivity contribution is 0.0697. The topological polar surface area (TPSA) is 40.5 Å². The van der Waals surface area contributed by atoms with E-state index in [1.807, 2.05) is 12.1 Å². The molecule has 3 rings (SSSR count). The molecule has 1 aliphatic heterocycles. The number of aromatic carboxylic acids is 1. The fourth-order valence-corrected chi connectivity index (χ4v) is 4.20. The summed E-state index contributed by atoms with van der Waals surface area (Å²) in [7, 11) is 0. The summed E-state index contributed by atoms with van der Waals surface area (Å²) in [5, 5.41) is 9.43. The Morgan fingerprint density at radius 1 is 1.20 bits per heavy atom. The summed E-state index contributed by atoms with van der Waals surface area (Å²) in [5.74, 6) is -0.0808. The van der Waals surface area contributed by atoms with Crippen LogP contribution >= 0.6 is 15.9 Å². The smallest absolute Gasteiger partial charge is 0.337 e. The fraction of sp³-hybridized carbons (Fsp3) is 0.562. The lowest BCUT2D eigenvalue weighted by Gasteiger charge is -2.32. The molecule has 0 spiro atoms. The molecule has 0 aromatic heterocycles. The molecule has 1 saturated heterocycles. The molecule has 1 N–H and O–H groups in total. The third-order valence-electron chi connectivity index (χ3n) is 4.74. The van der Waals surface area contributed by atoms with Crippen LogP contribution in [0.3, 0.4) is 0 Å². The largest absolute Gasteiger partial charge is 0.478 e. The molecule has 108 valence electrons. The predicted octanol–water partition coefficient (Wildman–Crippen LogP) is 4.31. The summed E-state index contributed by atoms with van der Waals surface area (Å²) in [6, 6.07) is 6.03. The van der Waals surface area contributed by atoms with Gasteiger partial charge in [-0.2, -0.15) is 0 Å². The van der Waals surface area contributed by atoms with E-state index in [2.05, 4.69) is 20.8 Å². The van der Waals surface area contributed by atoms with Gasteiger partial charge in [0.15, 0.2) is 0 Å². The van der Waals surface area contributed by atoms with E-state index >= 15 is 0 Å². The van der Waals surface area contributed by atoms with Gasteiger partial charge in [0.25, 0.3) is 0 Å². The summed E-state index contributed by atoms with van der Waals surface area (Å²) in [5.41, 5.74) is 1.32. The van der Waals surface area contributed by atoms with E-state index in [0.29, 0.717) is 11.6 Å². The van der Waals surface area contributed by atoms with Crippen LogP contribution in [-0.4, -0.2) is 23.7 Å². The Morgan fingerprint density at radius 3 is 2.65 bits per heavy atom. The highest BCUT2D eigenvalue weighted by molar-refractivity contribution is 9.10. The van der Waals surface area contributed by atoms with Crippen LogP contribution in [0.5, 0.6) is 0 Å². The number of carboxylic acid groups (broad SMARTS) is 1. The van der Waals surface area contributed by atoms with E-state index in [4.69, 9.17) is 0 Å². The Morgan fingerprint density at radius 2 is 1.95 bits per heavy atom. The Kier molecular flexibility index (Phi) is 4.01. The van der Waals surface area contributed by atoms with Gasteiger partial charge in [0, 0.05) is 17.1 Å². The normalized spacial score (nSPS) is 23.4. The molecule has 1 saturated carbocycles. The van der Waals surface area contributed by atoms with Crippen molar-refractivity contribution in [3.05, 3.63) is 28.2 Å². The van der Waals surface area contributed by atoms with Crippen molar-refractivity contribution >= 4 is 27.6 Å². The predicted molar refractivity (Wildman–Crippen MR) is 83.4 cm³/mol. The van der Waals surface area contributed by atoms with Crippen molar-refractivity contribution in [3.63, 3.8) is 0 Å². The number of carboxylic acids is 1. The summed E-state index contributed by atoms with van der Waals surface area (Å²) < 4.78 is 0.953. The third-order valence-corrected chi connectivity index (χ3v) is 5.24. The highest BCUT2D eigenvalue weighted by Gasteiger charge is 2.34. The molecule has 0 radical (unpaired) electrons. The van der Waals surface area contributed by atoms with Gasteiger partial charge in [-0.1, -0.05) is 28.8 Å². The number of benzene rings is 1. The Balaban J connectivity index is 1.94. The van der Waals surface area contributed by atoms with Gasteiger partial charge in [0.2, 0.25) is 0 Å². The molecule has 1 unspecified atom stereocenters. The first kappa shape index (κ1) is 13.9. The zero-order chi connectivity index (χ0) is 14.1. The SMILES string of the molecule is O=C(O)c1ccc(Br)cc1N1CCCC1C1CCCC1. The molecule has 0 amide bonds. The molecule has 2 aliphatic rings. The van der Waals surface area contributed by atoms with Gasteiger partial charge in [-0.05, 0) is 49.8 Å². The van der Waals surface area contributed by atoms with Gasteiger partial charge in [0.1, 0.15) is 0 Å². The minimum absolute atomic E-state index is 0.429. The van der Waals surface area contributed by atoms with Crippen molar-refractivity contribution < 1.29 is 9.90 Å². The minimum atomic E-state index is -0.829. The minimum Gasteiger partial charge on any atom is -0.478 e. The maximum Gasteiger partial charge on any atom is 0.337 e. The van der Waals surface area contributed by atoms with Gasteiger partial charge in [-0.15, -0.1) is 0 Å². The molecule has 0 bridgehead atoms. The number of hydrogen-bond acceptors (Lipinski definition) is 2. The molecule has 1 atom stereocenters. The van der Waals surface area contributed by atoms with Crippen LogP contribution in [0.15, 0.2) is 22.7 Å². The Bertz CT molecular complexity index is 511. The number of anilines is 1. The number of nitrogens with zero attached hydrogens (tertiary/aromatic N) is 1. The van der Waals surface area contributed by atoms with Gasteiger partial charge in [0.05, 0.1) is 11.3 Å². The molecule has 1 aromatic carbocycles. The fourth-order valence-electron chi connectivity index (χ4n) is 3.85. The molecule has 1 aromatic rings. The highest BCUT2D eigenvalue weighted by Crippen LogP contribution is 2.39. The zero-order valence-corrected chi connectivity index (χ0v) is 13.1. The summed E-state index contributed by atoms with van der Waals surface area (Å²) in [4.78, 5) is 13.8. The van der Waals surface area contributed by atoms with Gasteiger partial charge >= 0.3 is 5.97 Å². The van der Waals surface area contributed by atoms with Crippen LogP contribution in [0, 0.1) is 5.92 Å². The van der Waals surface area contributed by atoms with Gasteiger partial charge in [-0.3, -0.25) is 0 Å². The third kappa shape index (κ3) is 2.58. The lowest BCUT2D eigenvalue weighted by atomic mass is 9.95. The standard InChI is InChI=1S/C16H20BrNO2/c17-12-7-8-13(16(19)20)15(10-12)18-9-3-6-14(18)11-4-1-2-5-11/h7-8,10-11,14H,1-6,9H2,(H,19,20). The van der Waals surface area contributed by atoms with Crippen LogP contribution in [0.25, 0.3) is 0 Å². The molecule has 1 heterocycles. The average molecular weight is 338 g/mol. The second kappa shape index (κ2) is 5.76. The van der Waals surface area contributed by atoms with Gasteiger partial charge in [-0.25, -0.2) is 4.79 Å². The molecule has 3 nitrogen and oxygen atoms in total. The monoisotopic (exact) mass is 337 g/mol. The first-order valence-corrected chi connectivity index (χ1v) is 8.25. The van der Waals surface area contributed by atoms with E-state index in [9.17, 15) is 9.90 Å². The van der Waals surface area contributed by atoms with Crippen molar-refractivity contribution in [2.24, 2.45) is 5.92 Å². The highest BCUT2D eigenvalue weighted by atomic mass is 79.9. The summed E-state index contributed by atoms with van der Waals surface area (Å²) in [6.45, 7) is 0.984. The quantitative estimate of drug-likeness (QED) is 0.893. The van der Waals surface area contributed by atoms with Crippen molar-refractivity contribution in [1.29, 1.82) is 0 Å². The van der Waals surface area contributed by atoms with E-state index in [1.165, 1.54) is 38.5 Å². The maximum absolute atomic E-state index is 11.5. The molecular weight excluding hydrogens is 318 g/mol. The maximum atomic E-state index is 11.5. The lowest BCUT2D eigenvalue weighted by Crippen LogP contribution is -2.35. The number of carbonyl (C=O) groups is 1. The van der Waals surface area contributed by atoms with Crippen LogP contribution in [0.1, 0.15) is 48.9 Å². The molecule has 2 fully saturated rings. The Hall–Kier alpha value is -1.03. The Labute approximate surface area is 128 Å². The summed E-state index contributed by atoms with van der Waals surface area (Å²) >= 11 is 3.48. The second-order valence-electron chi connectivity index (χ2n) is 5.91. The second-order valence-corrected chi connectivity index (χ2v) is 6.83. The van der Waals surface area contributed by atoms with Crippen molar-refractivity contribution in [3.8, 4) is 0 Å².